The molecule has 0 aromatic carbocycles. The smallest absolute Gasteiger partial charge is 0.268 e. The Kier molecular flexibility index (Phi) is 6.20. The molecule has 0 radical (unpaired) electrons. The first-order valence-electron chi connectivity index (χ1n) is 7.74. The number of piperidine rings is 1. The van der Waals surface area contributed by atoms with Gasteiger partial charge in [0.25, 0.3) is 5.56 Å². The van der Waals surface area contributed by atoms with Crippen molar-refractivity contribution in [3.05, 3.63) is 22.6 Å². The number of ether oxygens (including phenoxy) is 1. The highest BCUT2D eigenvalue weighted by Crippen LogP contribution is 2.18. The Bertz CT molecular complexity index is 481. The number of aryl methyl sites for hydroxylation is 1. The van der Waals surface area contributed by atoms with Crippen LogP contribution >= 0.6 is 0 Å². The van der Waals surface area contributed by atoms with E-state index >= 15 is 0 Å². The lowest BCUT2D eigenvalue weighted by Crippen LogP contribution is -2.37. The summed E-state index contributed by atoms with van der Waals surface area (Å²) in [5, 5.41) is 7.41. The summed E-state index contributed by atoms with van der Waals surface area (Å²) in [4.78, 5) is 14.3. The molecule has 0 bridgehead atoms. The summed E-state index contributed by atoms with van der Waals surface area (Å²) in [5.74, 6) is 0. The molecular formula is C15H26N4O2. The minimum absolute atomic E-state index is 0.00850. The summed E-state index contributed by atoms with van der Waals surface area (Å²) in [5.41, 5.74) is 0.923. The van der Waals surface area contributed by atoms with E-state index in [0.29, 0.717) is 12.6 Å². The molecule has 0 aliphatic carbocycles. The second kappa shape index (κ2) is 8.14. The lowest BCUT2D eigenvalue weighted by Gasteiger charge is -2.32. The summed E-state index contributed by atoms with van der Waals surface area (Å²) >= 11 is 0. The van der Waals surface area contributed by atoms with Gasteiger partial charge < -0.3 is 15.0 Å². The highest BCUT2D eigenvalue weighted by atomic mass is 16.5. The molecule has 6 heteroatoms. The van der Waals surface area contributed by atoms with Crippen LogP contribution in [0.15, 0.2) is 17.1 Å². The zero-order valence-electron chi connectivity index (χ0n) is 13.0. The van der Waals surface area contributed by atoms with E-state index in [1.54, 1.807) is 17.9 Å². The summed E-state index contributed by atoms with van der Waals surface area (Å²) < 4.78 is 6.93. The first-order chi connectivity index (χ1) is 10.2. The van der Waals surface area contributed by atoms with Gasteiger partial charge in [0.2, 0.25) is 0 Å². The van der Waals surface area contributed by atoms with Gasteiger partial charge in [-0.1, -0.05) is 0 Å². The van der Waals surface area contributed by atoms with E-state index in [0.717, 1.165) is 51.0 Å². The fourth-order valence-electron chi connectivity index (χ4n) is 2.68. The third-order valence-corrected chi connectivity index (χ3v) is 4.04. The zero-order chi connectivity index (χ0) is 15.1. The first kappa shape index (κ1) is 16.0. The average Bonchev–Trinajstić information content (AvgIpc) is 2.53. The van der Waals surface area contributed by atoms with Crippen molar-refractivity contribution < 1.29 is 4.74 Å². The Morgan fingerprint density at radius 3 is 2.76 bits per heavy atom. The third kappa shape index (κ3) is 4.54. The van der Waals surface area contributed by atoms with Crippen molar-refractivity contribution in [3.8, 4) is 0 Å². The fourth-order valence-corrected chi connectivity index (χ4v) is 2.68. The molecule has 0 amide bonds. The van der Waals surface area contributed by atoms with Gasteiger partial charge in [0, 0.05) is 32.8 Å². The van der Waals surface area contributed by atoms with Gasteiger partial charge >= 0.3 is 0 Å². The second-order valence-corrected chi connectivity index (χ2v) is 5.51. The lowest BCUT2D eigenvalue weighted by atomic mass is 10.1. The lowest BCUT2D eigenvalue weighted by molar-refractivity contribution is 0.0819. The number of methoxy groups -OCH3 is 1. The van der Waals surface area contributed by atoms with Gasteiger partial charge in [0.05, 0.1) is 18.0 Å². The van der Waals surface area contributed by atoms with Crippen LogP contribution in [-0.4, -0.2) is 49.7 Å². The van der Waals surface area contributed by atoms with Crippen LogP contribution in [0.4, 0.5) is 5.69 Å². The molecule has 1 aliphatic rings. The monoisotopic (exact) mass is 294 g/mol. The van der Waals surface area contributed by atoms with Crippen LogP contribution in [0.1, 0.15) is 25.7 Å². The largest absolute Gasteiger partial charge is 0.381 e. The molecule has 1 aliphatic heterocycles. The Morgan fingerprint density at radius 1 is 1.38 bits per heavy atom. The van der Waals surface area contributed by atoms with Gasteiger partial charge in [-0.25, -0.2) is 4.68 Å². The summed E-state index contributed by atoms with van der Waals surface area (Å²) in [6.45, 7) is 3.51. The normalized spacial score (nSPS) is 16.4. The predicted octanol–water partition coefficient (Wildman–Crippen LogP) is 0.858. The van der Waals surface area contributed by atoms with E-state index in [9.17, 15) is 4.79 Å². The molecule has 0 saturated carbocycles. The molecule has 1 N–H and O–H groups in total. The third-order valence-electron chi connectivity index (χ3n) is 4.04. The number of anilines is 1. The molecule has 0 spiro atoms. The maximum atomic E-state index is 12.1. The molecule has 1 saturated heterocycles. The van der Waals surface area contributed by atoms with Gasteiger partial charge in [-0.05, 0) is 39.3 Å². The number of rotatable bonds is 7. The van der Waals surface area contributed by atoms with Crippen LogP contribution < -0.4 is 15.8 Å². The van der Waals surface area contributed by atoms with Crippen LogP contribution in [0.5, 0.6) is 0 Å². The number of aromatic nitrogens is 2. The molecule has 2 rings (SSSR count). The van der Waals surface area contributed by atoms with Crippen molar-refractivity contribution in [3.63, 3.8) is 0 Å². The number of unbranched alkanes of at least 4 members (excludes halogenated alkanes) is 1. The molecule has 1 aromatic rings. The van der Waals surface area contributed by atoms with Crippen LogP contribution in [-0.2, 0) is 11.3 Å². The molecule has 0 atom stereocenters. The fraction of sp³-hybridized carbons (Fsp3) is 0.733. The van der Waals surface area contributed by atoms with E-state index in [1.165, 1.54) is 0 Å². The first-order valence-corrected chi connectivity index (χ1v) is 7.74. The zero-order valence-corrected chi connectivity index (χ0v) is 13.0. The van der Waals surface area contributed by atoms with E-state index < -0.39 is 0 Å². The van der Waals surface area contributed by atoms with Gasteiger partial charge in [-0.15, -0.1) is 0 Å². The van der Waals surface area contributed by atoms with E-state index in [4.69, 9.17) is 4.74 Å². The quantitative estimate of drug-likeness (QED) is 0.756. The summed E-state index contributed by atoms with van der Waals surface area (Å²) in [6, 6.07) is 1.71. The van der Waals surface area contributed by atoms with Crippen LogP contribution in [0.25, 0.3) is 0 Å². The van der Waals surface area contributed by atoms with Gasteiger partial charge in [0.1, 0.15) is 0 Å². The average molecular weight is 294 g/mol. The van der Waals surface area contributed by atoms with Crippen molar-refractivity contribution in [1.29, 1.82) is 0 Å². The standard InChI is InChI=1S/C15H26N4O2/c1-16-7-3-4-8-19-15(20)11-13(12-17-19)18-9-5-14(21-2)6-10-18/h11-12,14,16H,3-10H2,1-2H3. The van der Waals surface area contributed by atoms with Crippen molar-refractivity contribution in [2.24, 2.45) is 0 Å². The van der Waals surface area contributed by atoms with Crippen LogP contribution in [0.2, 0.25) is 0 Å². The topological polar surface area (TPSA) is 59.4 Å². The Labute approximate surface area is 126 Å². The number of hydrogen-bond donors (Lipinski definition) is 1. The Balaban J connectivity index is 1.91. The van der Waals surface area contributed by atoms with Crippen molar-refractivity contribution >= 4 is 5.69 Å². The minimum atomic E-state index is -0.00850. The van der Waals surface area contributed by atoms with E-state index in [1.807, 2.05) is 13.2 Å². The number of hydrogen-bond acceptors (Lipinski definition) is 5. The van der Waals surface area contributed by atoms with Crippen LogP contribution in [0.3, 0.4) is 0 Å². The molecule has 0 unspecified atom stereocenters. The summed E-state index contributed by atoms with van der Waals surface area (Å²) in [6.07, 6.45) is 6.19. The Hall–Kier alpha value is -1.40. The SMILES string of the molecule is CNCCCCn1ncc(N2CCC(OC)CC2)cc1=O. The second-order valence-electron chi connectivity index (χ2n) is 5.51. The molecule has 2 heterocycles. The van der Waals surface area contributed by atoms with Crippen molar-refractivity contribution in [2.45, 2.75) is 38.3 Å². The van der Waals surface area contributed by atoms with E-state index in [2.05, 4.69) is 15.3 Å². The summed E-state index contributed by atoms with van der Waals surface area (Å²) in [7, 11) is 3.70. The van der Waals surface area contributed by atoms with Crippen molar-refractivity contribution in [2.75, 3.05) is 38.7 Å². The van der Waals surface area contributed by atoms with E-state index in [-0.39, 0.29) is 5.56 Å². The predicted molar refractivity (Wildman–Crippen MR) is 83.9 cm³/mol. The number of nitrogens with zero attached hydrogens (tertiary/aromatic N) is 3. The Morgan fingerprint density at radius 2 is 2.14 bits per heavy atom. The van der Waals surface area contributed by atoms with Crippen molar-refractivity contribution in [1.82, 2.24) is 15.1 Å². The molecule has 6 nitrogen and oxygen atoms in total. The van der Waals surface area contributed by atoms with Gasteiger partial charge in [0.15, 0.2) is 0 Å². The minimum Gasteiger partial charge on any atom is -0.381 e. The molecular weight excluding hydrogens is 268 g/mol. The maximum Gasteiger partial charge on any atom is 0.268 e. The molecule has 1 aromatic heterocycles. The number of nitrogens with one attached hydrogen (secondary N) is 1. The van der Waals surface area contributed by atoms with Crippen LogP contribution in [0, 0.1) is 0 Å². The van der Waals surface area contributed by atoms with Gasteiger partial charge in [-0.2, -0.15) is 5.10 Å². The van der Waals surface area contributed by atoms with Gasteiger partial charge in [-0.3, -0.25) is 4.79 Å². The maximum absolute atomic E-state index is 12.1. The molecule has 1 fully saturated rings. The molecule has 21 heavy (non-hydrogen) atoms. The highest BCUT2D eigenvalue weighted by Gasteiger charge is 2.19. The molecule has 118 valence electrons. The highest BCUT2D eigenvalue weighted by molar-refractivity contribution is 5.43.